The molecule has 1 N–H and O–H groups in total. The fraction of sp³-hybridized carbons (Fsp3) is 0.0455. The van der Waals surface area contributed by atoms with Crippen molar-refractivity contribution in [2.75, 3.05) is 7.11 Å². The maximum absolute atomic E-state index is 12.3. The fourth-order valence-electron chi connectivity index (χ4n) is 2.89. The zero-order valence-electron chi connectivity index (χ0n) is 15.7. The number of halogens is 1. The first-order valence-corrected chi connectivity index (χ1v) is 9.64. The number of carbonyl (C=O) groups excluding carboxylic acids is 2. The van der Waals surface area contributed by atoms with Gasteiger partial charge in [0.05, 0.1) is 18.9 Å². The van der Waals surface area contributed by atoms with Gasteiger partial charge in [0.2, 0.25) is 0 Å². The van der Waals surface area contributed by atoms with Crippen LogP contribution in [0, 0.1) is 0 Å². The SMILES string of the molecule is COC(=O)c1ccccc1-c1ccc(/C=N/NC(=O)c2cc3cc(Br)ccc3o2)o1. The maximum Gasteiger partial charge on any atom is 0.338 e. The molecule has 0 atom stereocenters. The van der Waals surface area contributed by atoms with Crippen molar-refractivity contribution in [1.29, 1.82) is 0 Å². The van der Waals surface area contributed by atoms with Crippen molar-refractivity contribution in [3.05, 3.63) is 82.2 Å². The standard InChI is InChI=1S/C22H15BrN2O5/c1-28-22(27)17-5-3-2-4-16(17)19-9-7-15(29-19)12-24-25-21(26)20-11-13-10-14(23)6-8-18(13)30-20/h2-12H,1H3,(H,25,26)/b24-12+. The molecule has 8 heteroatoms. The molecule has 0 unspecified atom stereocenters. The summed E-state index contributed by atoms with van der Waals surface area (Å²) in [6, 6.07) is 17.4. The van der Waals surface area contributed by atoms with Crippen molar-refractivity contribution >= 4 is 45.0 Å². The van der Waals surface area contributed by atoms with Crippen LogP contribution in [0.25, 0.3) is 22.3 Å². The highest BCUT2D eigenvalue weighted by Gasteiger charge is 2.15. The average Bonchev–Trinajstić information content (AvgIpc) is 3.40. The van der Waals surface area contributed by atoms with Gasteiger partial charge in [0.15, 0.2) is 5.76 Å². The molecule has 0 aliphatic rings. The third kappa shape index (κ3) is 4.04. The van der Waals surface area contributed by atoms with Gasteiger partial charge in [-0.3, -0.25) is 4.79 Å². The topological polar surface area (TPSA) is 94.0 Å². The van der Waals surface area contributed by atoms with E-state index in [1.165, 1.54) is 13.3 Å². The Bertz CT molecular complexity index is 1270. The largest absolute Gasteiger partial charge is 0.465 e. The molecule has 2 heterocycles. The van der Waals surface area contributed by atoms with Gasteiger partial charge >= 0.3 is 11.9 Å². The van der Waals surface area contributed by atoms with E-state index in [-0.39, 0.29) is 5.76 Å². The van der Waals surface area contributed by atoms with Gasteiger partial charge in [-0.2, -0.15) is 5.10 Å². The summed E-state index contributed by atoms with van der Waals surface area (Å²) in [5.41, 5.74) is 4.00. The Balaban J connectivity index is 1.47. The van der Waals surface area contributed by atoms with Gasteiger partial charge in [-0.15, -0.1) is 0 Å². The molecule has 0 bridgehead atoms. The highest BCUT2D eigenvalue weighted by molar-refractivity contribution is 9.10. The first kappa shape index (κ1) is 19.7. The Morgan fingerprint density at radius 2 is 1.90 bits per heavy atom. The molecule has 7 nitrogen and oxygen atoms in total. The highest BCUT2D eigenvalue weighted by atomic mass is 79.9. The first-order chi connectivity index (χ1) is 14.5. The second-order valence-corrected chi connectivity index (χ2v) is 7.15. The molecule has 0 saturated carbocycles. The molecular weight excluding hydrogens is 452 g/mol. The van der Waals surface area contributed by atoms with Gasteiger partial charge in [-0.1, -0.05) is 34.1 Å². The zero-order chi connectivity index (χ0) is 21.1. The van der Waals surface area contributed by atoms with Crippen molar-refractivity contribution in [2.24, 2.45) is 5.10 Å². The number of hydrogen-bond donors (Lipinski definition) is 1. The third-order valence-corrected chi connectivity index (χ3v) is 4.78. The number of carbonyl (C=O) groups is 2. The van der Waals surface area contributed by atoms with E-state index in [2.05, 4.69) is 26.5 Å². The van der Waals surface area contributed by atoms with Crippen LogP contribution in [-0.2, 0) is 4.74 Å². The van der Waals surface area contributed by atoms with Gasteiger partial charge in [0.1, 0.15) is 17.1 Å². The minimum absolute atomic E-state index is 0.146. The summed E-state index contributed by atoms with van der Waals surface area (Å²) in [6.45, 7) is 0. The molecule has 150 valence electrons. The van der Waals surface area contributed by atoms with Crippen LogP contribution in [0.4, 0.5) is 0 Å². The molecular formula is C22H15BrN2O5. The molecule has 0 saturated heterocycles. The molecule has 0 fully saturated rings. The average molecular weight is 467 g/mol. The summed E-state index contributed by atoms with van der Waals surface area (Å²) in [6.07, 6.45) is 1.36. The number of hydrazone groups is 1. The van der Waals surface area contributed by atoms with E-state index < -0.39 is 11.9 Å². The number of benzene rings is 2. The maximum atomic E-state index is 12.3. The molecule has 0 radical (unpaired) electrons. The molecule has 0 spiro atoms. The molecule has 0 aliphatic heterocycles. The van der Waals surface area contributed by atoms with Crippen molar-refractivity contribution in [3.8, 4) is 11.3 Å². The number of hydrogen-bond acceptors (Lipinski definition) is 6. The number of nitrogens with zero attached hydrogens (tertiary/aromatic N) is 1. The number of methoxy groups -OCH3 is 1. The van der Waals surface area contributed by atoms with Crippen LogP contribution in [0.3, 0.4) is 0 Å². The van der Waals surface area contributed by atoms with E-state index in [4.69, 9.17) is 13.6 Å². The third-order valence-electron chi connectivity index (χ3n) is 4.28. The zero-order valence-corrected chi connectivity index (χ0v) is 17.3. The lowest BCUT2D eigenvalue weighted by Gasteiger charge is -2.04. The van der Waals surface area contributed by atoms with E-state index in [1.807, 2.05) is 12.1 Å². The van der Waals surface area contributed by atoms with Crippen LogP contribution >= 0.6 is 15.9 Å². The number of nitrogens with one attached hydrogen (secondary N) is 1. The number of amides is 1. The van der Waals surface area contributed by atoms with E-state index in [0.29, 0.717) is 28.2 Å². The lowest BCUT2D eigenvalue weighted by molar-refractivity contribution is 0.0601. The normalized spacial score (nSPS) is 11.1. The highest BCUT2D eigenvalue weighted by Crippen LogP contribution is 2.26. The van der Waals surface area contributed by atoms with E-state index in [1.54, 1.807) is 48.5 Å². The summed E-state index contributed by atoms with van der Waals surface area (Å²) in [5.74, 6) is 0.0845. The number of rotatable bonds is 5. The van der Waals surface area contributed by atoms with E-state index in [9.17, 15) is 9.59 Å². The fourth-order valence-corrected chi connectivity index (χ4v) is 3.27. The monoisotopic (exact) mass is 466 g/mol. The number of esters is 1. The van der Waals surface area contributed by atoms with Crippen LogP contribution in [0.15, 0.2) is 79.1 Å². The van der Waals surface area contributed by atoms with Gasteiger partial charge < -0.3 is 13.6 Å². The number of ether oxygens (including phenoxy) is 1. The lowest BCUT2D eigenvalue weighted by Crippen LogP contribution is -2.16. The second kappa shape index (κ2) is 8.38. The Morgan fingerprint density at radius 3 is 2.73 bits per heavy atom. The van der Waals surface area contributed by atoms with E-state index >= 15 is 0 Å². The molecule has 4 rings (SSSR count). The number of furan rings is 2. The van der Waals surface area contributed by atoms with Crippen molar-refractivity contribution in [3.63, 3.8) is 0 Å². The Morgan fingerprint density at radius 1 is 1.07 bits per heavy atom. The van der Waals surface area contributed by atoms with Crippen LogP contribution in [0.2, 0.25) is 0 Å². The Kier molecular flexibility index (Phi) is 5.49. The molecule has 1 amide bonds. The summed E-state index contributed by atoms with van der Waals surface area (Å²) in [7, 11) is 1.32. The van der Waals surface area contributed by atoms with Crippen molar-refractivity contribution in [2.45, 2.75) is 0 Å². The minimum atomic E-state index is -0.485. The second-order valence-electron chi connectivity index (χ2n) is 6.23. The lowest BCUT2D eigenvalue weighted by atomic mass is 10.1. The van der Waals surface area contributed by atoms with Gasteiger partial charge in [-0.05, 0) is 42.5 Å². The molecule has 2 aromatic carbocycles. The minimum Gasteiger partial charge on any atom is -0.465 e. The Hall–Kier alpha value is -3.65. The van der Waals surface area contributed by atoms with Crippen molar-refractivity contribution < 1.29 is 23.2 Å². The van der Waals surface area contributed by atoms with Crippen LogP contribution < -0.4 is 5.43 Å². The summed E-state index contributed by atoms with van der Waals surface area (Å²) in [4.78, 5) is 24.2. The van der Waals surface area contributed by atoms with Gasteiger partial charge in [0, 0.05) is 15.4 Å². The quantitative estimate of drug-likeness (QED) is 0.253. The van der Waals surface area contributed by atoms with Gasteiger partial charge in [-0.25, -0.2) is 10.2 Å². The summed E-state index contributed by atoms with van der Waals surface area (Å²) < 4.78 is 16.9. The number of fused-ring (bicyclic) bond motifs is 1. The van der Waals surface area contributed by atoms with Crippen molar-refractivity contribution in [1.82, 2.24) is 5.43 Å². The predicted molar refractivity (Wildman–Crippen MR) is 114 cm³/mol. The molecule has 4 aromatic rings. The van der Waals surface area contributed by atoms with Crippen LogP contribution in [0.5, 0.6) is 0 Å². The molecule has 0 aliphatic carbocycles. The van der Waals surface area contributed by atoms with Crippen LogP contribution in [-0.4, -0.2) is 25.2 Å². The Labute approximate surface area is 179 Å². The molecule has 30 heavy (non-hydrogen) atoms. The molecule has 2 aromatic heterocycles. The van der Waals surface area contributed by atoms with Gasteiger partial charge in [0.25, 0.3) is 0 Å². The summed E-state index contributed by atoms with van der Waals surface area (Å²) in [5, 5.41) is 4.71. The first-order valence-electron chi connectivity index (χ1n) is 8.85. The smallest absolute Gasteiger partial charge is 0.338 e. The van der Waals surface area contributed by atoms with Crippen LogP contribution in [0.1, 0.15) is 26.7 Å². The van der Waals surface area contributed by atoms with E-state index in [0.717, 1.165) is 9.86 Å². The summed E-state index contributed by atoms with van der Waals surface area (Å²) >= 11 is 3.38. The predicted octanol–water partition coefficient (Wildman–Crippen LogP) is 5.01.